The zero-order valence-corrected chi connectivity index (χ0v) is 12.5. The Morgan fingerprint density at radius 3 is 2.36 bits per heavy atom. The number of halogens is 3. The molecule has 0 unspecified atom stereocenters. The van der Waals surface area contributed by atoms with Crippen molar-refractivity contribution in [1.82, 2.24) is 9.88 Å². The smallest absolute Gasteiger partial charge is 0.325 e. The highest BCUT2D eigenvalue weighted by atomic mass is 19.4. The Bertz CT molecular complexity index is 828. The van der Waals surface area contributed by atoms with Gasteiger partial charge in [-0.05, 0) is 36.4 Å². The minimum Gasteiger partial charge on any atom is -0.325 e. The molecule has 0 spiro atoms. The zero-order valence-electron chi connectivity index (χ0n) is 12.5. The molecule has 1 aliphatic heterocycles. The van der Waals surface area contributed by atoms with E-state index in [-0.39, 0.29) is 16.9 Å². The number of hydrogen-bond acceptors (Lipinski definition) is 4. The second-order valence-electron chi connectivity index (χ2n) is 5.22. The van der Waals surface area contributed by atoms with Gasteiger partial charge < -0.3 is 5.32 Å². The van der Waals surface area contributed by atoms with Crippen molar-refractivity contribution >= 4 is 23.4 Å². The van der Waals surface area contributed by atoms with Crippen molar-refractivity contribution < 1.29 is 27.6 Å². The van der Waals surface area contributed by atoms with Crippen LogP contribution in [0.3, 0.4) is 0 Å². The highest BCUT2D eigenvalue weighted by molar-refractivity contribution is 6.21. The molecule has 2 aromatic rings. The molecular formula is C16H10F3N3O3. The van der Waals surface area contributed by atoms with E-state index in [1.807, 2.05) is 0 Å². The monoisotopic (exact) mass is 349 g/mol. The number of alkyl halides is 3. The van der Waals surface area contributed by atoms with Crippen molar-refractivity contribution in [2.45, 2.75) is 6.18 Å². The number of hydrogen-bond donors (Lipinski definition) is 1. The van der Waals surface area contributed by atoms with E-state index in [2.05, 4.69) is 10.3 Å². The number of benzene rings is 1. The molecule has 1 aromatic carbocycles. The number of aromatic nitrogens is 1. The Kier molecular flexibility index (Phi) is 3.99. The topological polar surface area (TPSA) is 79.4 Å². The fourth-order valence-corrected chi connectivity index (χ4v) is 2.34. The first-order valence-electron chi connectivity index (χ1n) is 7.05. The van der Waals surface area contributed by atoms with Gasteiger partial charge in [-0.3, -0.25) is 24.3 Å². The lowest BCUT2D eigenvalue weighted by Gasteiger charge is -2.13. The molecule has 0 radical (unpaired) electrons. The minimum atomic E-state index is -4.48. The summed E-state index contributed by atoms with van der Waals surface area (Å²) in [5.41, 5.74) is -0.658. The number of imide groups is 1. The van der Waals surface area contributed by atoms with Gasteiger partial charge in [0.15, 0.2) is 0 Å². The van der Waals surface area contributed by atoms with E-state index in [1.54, 1.807) is 0 Å². The molecule has 128 valence electrons. The summed E-state index contributed by atoms with van der Waals surface area (Å²) in [7, 11) is 0. The van der Waals surface area contributed by atoms with Crippen molar-refractivity contribution in [3.8, 4) is 0 Å². The Balaban J connectivity index is 1.68. The quantitative estimate of drug-likeness (QED) is 0.863. The normalized spacial score (nSPS) is 13.8. The average Bonchev–Trinajstić information content (AvgIpc) is 2.80. The zero-order chi connectivity index (χ0) is 18.2. The van der Waals surface area contributed by atoms with Gasteiger partial charge in [-0.15, -0.1) is 0 Å². The molecule has 0 fully saturated rings. The molecular weight excluding hydrogens is 339 g/mol. The number of nitrogens with one attached hydrogen (secondary N) is 1. The lowest BCUT2D eigenvalue weighted by Crippen LogP contribution is -2.37. The second-order valence-corrected chi connectivity index (χ2v) is 5.22. The summed E-state index contributed by atoms with van der Waals surface area (Å²) in [4.78, 5) is 40.7. The third-order valence-corrected chi connectivity index (χ3v) is 3.53. The molecule has 25 heavy (non-hydrogen) atoms. The highest BCUT2D eigenvalue weighted by Crippen LogP contribution is 2.29. The standard InChI is InChI=1S/C16H10F3N3O3/c17-16(18,19)9-3-5-10(6-4-9)21-12(23)8-22-14(24)11-2-1-7-20-13(11)15(22)25/h1-7H,8H2,(H,21,23). The van der Waals surface area contributed by atoms with Crippen molar-refractivity contribution in [1.29, 1.82) is 0 Å². The first-order chi connectivity index (χ1) is 11.8. The summed E-state index contributed by atoms with van der Waals surface area (Å²) < 4.78 is 37.5. The maximum absolute atomic E-state index is 12.5. The van der Waals surface area contributed by atoms with E-state index in [9.17, 15) is 27.6 Å². The maximum Gasteiger partial charge on any atom is 0.416 e. The molecule has 1 aromatic heterocycles. The summed E-state index contributed by atoms with van der Waals surface area (Å²) in [5.74, 6) is -2.05. The van der Waals surface area contributed by atoms with Gasteiger partial charge in [0.2, 0.25) is 5.91 Å². The number of pyridine rings is 1. The van der Waals surface area contributed by atoms with E-state index in [4.69, 9.17) is 0 Å². The molecule has 1 aliphatic rings. The molecule has 0 saturated heterocycles. The number of carbonyl (C=O) groups is 3. The lowest BCUT2D eigenvalue weighted by atomic mass is 10.2. The number of anilines is 1. The molecule has 0 aliphatic carbocycles. The molecule has 3 amide bonds. The number of carbonyl (C=O) groups excluding carboxylic acids is 3. The van der Waals surface area contributed by atoms with Crippen LogP contribution in [0.4, 0.5) is 18.9 Å². The van der Waals surface area contributed by atoms with Gasteiger partial charge in [0.1, 0.15) is 12.2 Å². The van der Waals surface area contributed by atoms with Crippen LogP contribution in [-0.2, 0) is 11.0 Å². The van der Waals surface area contributed by atoms with Crippen LogP contribution in [0.25, 0.3) is 0 Å². The number of rotatable bonds is 3. The van der Waals surface area contributed by atoms with Crippen LogP contribution in [0, 0.1) is 0 Å². The van der Waals surface area contributed by atoms with E-state index >= 15 is 0 Å². The van der Waals surface area contributed by atoms with Crippen LogP contribution < -0.4 is 5.32 Å². The van der Waals surface area contributed by atoms with Crippen LogP contribution in [0.2, 0.25) is 0 Å². The highest BCUT2D eigenvalue weighted by Gasteiger charge is 2.37. The van der Waals surface area contributed by atoms with Gasteiger partial charge in [-0.2, -0.15) is 13.2 Å². The summed E-state index contributed by atoms with van der Waals surface area (Å²) in [6.07, 6.45) is -3.12. The van der Waals surface area contributed by atoms with Gasteiger partial charge in [0.05, 0.1) is 11.1 Å². The molecule has 1 N–H and O–H groups in total. The fourth-order valence-electron chi connectivity index (χ4n) is 2.34. The second kappa shape index (κ2) is 6.00. The van der Waals surface area contributed by atoms with E-state index in [0.29, 0.717) is 0 Å². The van der Waals surface area contributed by atoms with Crippen molar-refractivity contribution in [3.63, 3.8) is 0 Å². The molecule has 2 heterocycles. The van der Waals surface area contributed by atoms with Gasteiger partial charge in [-0.25, -0.2) is 0 Å². The fraction of sp³-hybridized carbons (Fsp3) is 0.125. The van der Waals surface area contributed by atoms with Crippen molar-refractivity contribution in [2.75, 3.05) is 11.9 Å². The number of nitrogens with zero attached hydrogens (tertiary/aromatic N) is 2. The van der Waals surface area contributed by atoms with Crippen LogP contribution in [0.15, 0.2) is 42.6 Å². The Hall–Kier alpha value is -3.23. The van der Waals surface area contributed by atoms with Gasteiger partial charge in [0.25, 0.3) is 11.8 Å². The van der Waals surface area contributed by atoms with E-state index < -0.39 is 36.0 Å². The third-order valence-electron chi connectivity index (χ3n) is 3.53. The number of fused-ring (bicyclic) bond motifs is 1. The summed E-state index contributed by atoms with van der Waals surface area (Å²) in [5, 5.41) is 2.34. The lowest BCUT2D eigenvalue weighted by molar-refractivity contribution is -0.137. The van der Waals surface area contributed by atoms with E-state index in [0.717, 1.165) is 29.2 Å². The van der Waals surface area contributed by atoms with Gasteiger partial charge in [-0.1, -0.05) is 0 Å². The molecule has 0 saturated carbocycles. The first kappa shape index (κ1) is 16.6. The van der Waals surface area contributed by atoms with Crippen molar-refractivity contribution in [3.05, 3.63) is 59.4 Å². The van der Waals surface area contributed by atoms with Gasteiger partial charge >= 0.3 is 6.18 Å². The third kappa shape index (κ3) is 3.21. The Morgan fingerprint density at radius 2 is 1.76 bits per heavy atom. The predicted octanol–water partition coefficient (Wildman–Crippen LogP) is 2.34. The maximum atomic E-state index is 12.5. The van der Waals surface area contributed by atoms with Crippen LogP contribution in [0.5, 0.6) is 0 Å². The molecule has 6 nitrogen and oxygen atoms in total. The SMILES string of the molecule is O=C(CN1C(=O)c2cccnc2C1=O)Nc1ccc(C(F)(F)F)cc1. The summed E-state index contributed by atoms with van der Waals surface area (Å²) >= 11 is 0. The van der Waals surface area contributed by atoms with Crippen LogP contribution in [-0.4, -0.2) is 34.2 Å². The molecule has 9 heteroatoms. The molecule has 0 atom stereocenters. The van der Waals surface area contributed by atoms with Crippen LogP contribution in [0.1, 0.15) is 26.4 Å². The predicted molar refractivity (Wildman–Crippen MR) is 79.7 cm³/mol. The Labute approximate surface area is 139 Å². The molecule has 3 rings (SSSR count). The number of amides is 3. The van der Waals surface area contributed by atoms with Crippen LogP contribution >= 0.6 is 0 Å². The van der Waals surface area contributed by atoms with Gasteiger partial charge in [0, 0.05) is 11.9 Å². The minimum absolute atomic E-state index is 0.0326. The Morgan fingerprint density at radius 1 is 1.08 bits per heavy atom. The largest absolute Gasteiger partial charge is 0.416 e. The first-order valence-corrected chi connectivity index (χ1v) is 7.05. The summed E-state index contributed by atoms with van der Waals surface area (Å²) in [6.45, 7) is -0.560. The summed E-state index contributed by atoms with van der Waals surface area (Å²) in [6, 6.07) is 6.74. The van der Waals surface area contributed by atoms with E-state index in [1.165, 1.54) is 18.3 Å². The van der Waals surface area contributed by atoms with Crippen molar-refractivity contribution in [2.24, 2.45) is 0 Å². The average molecular weight is 349 g/mol. The molecule has 0 bridgehead atoms.